The van der Waals surface area contributed by atoms with Crippen LogP contribution in [0.2, 0.25) is 0 Å². The molecule has 16 heavy (non-hydrogen) atoms. The molecule has 1 rings (SSSR count). The maximum Gasteiger partial charge on any atom is 0.404 e. The Hall–Kier alpha value is -1.59. The summed E-state index contributed by atoms with van der Waals surface area (Å²) in [5, 5.41) is 0. The highest BCUT2D eigenvalue weighted by molar-refractivity contribution is 5.64. The molecule has 90 valence electrons. The fourth-order valence-corrected chi connectivity index (χ4v) is 1.10. The van der Waals surface area contributed by atoms with Gasteiger partial charge in [-0.15, -0.1) is 0 Å². The highest BCUT2D eigenvalue weighted by Gasteiger charge is 1.94. The Bertz CT molecular complexity index is 293. The van der Waals surface area contributed by atoms with Crippen molar-refractivity contribution in [3.05, 3.63) is 35.4 Å². The van der Waals surface area contributed by atoms with Gasteiger partial charge in [-0.25, -0.2) is 4.79 Å². The predicted octanol–water partition coefficient (Wildman–Crippen LogP) is 0.706. The van der Waals surface area contributed by atoms with Crippen molar-refractivity contribution in [3.8, 4) is 0 Å². The lowest BCUT2D eigenvalue weighted by molar-refractivity contribution is 0.163. The molecule has 0 heterocycles. The van der Waals surface area contributed by atoms with Crippen LogP contribution in [0.15, 0.2) is 24.3 Å². The number of carbonyl (C=O) groups excluding carboxylic acids is 1. The van der Waals surface area contributed by atoms with Crippen LogP contribution in [-0.4, -0.2) is 12.7 Å². The molecule has 0 aliphatic heterocycles. The first-order valence-corrected chi connectivity index (χ1v) is 5.04. The molecular weight excluding hydrogens is 206 g/mol. The van der Waals surface area contributed by atoms with Gasteiger partial charge in [0.05, 0.1) is 6.61 Å². The summed E-state index contributed by atoms with van der Waals surface area (Å²) >= 11 is 0. The fraction of sp³-hybridized carbons (Fsp3) is 0.364. The van der Waals surface area contributed by atoms with E-state index in [1.54, 1.807) is 6.92 Å². The molecule has 1 aromatic rings. The molecule has 0 saturated carbocycles. The van der Waals surface area contributed by atoms with Gasteiger partial charge in [0.25, 0.3) is 0 Å². The van der Waals surface area contributed by atoms with E-state index in [-0.39, 0.29) is 0 Å². The normalized spacial score (nSPS) is 8.94. The van der Waals surface area contributed by atoms with Gasteiger partial charge in [0.2, 0.25) is 0 Å². The third kappa shape index (κ3) is 6.00. The zero-order valence-electron chi connectivity index (χ0n) is 9.48. The topological polar surface area (TPSA) is 104 Å². The lowest BCUT2D eigenvalue weighted by Crippen LogP contribution is -2.11. The third-order valence-electron chi connectivity index (χ3n) is 1.84. The average molecular weight is 225 g/mol. The molecule has 0 radical (unpaired) electrons. The zero-order chi connectivity index (χ0) is 12.4. The third-order valence-corrected chi connectivity index (χ3v) is 1.84. The minimum atomic E-state index is -0.711. The van der Waals surface area contributed by atoms with Crippen molar-refractivity contribution >= 4 is 6.09 Å². The second-order valence-corrected chi connectivity index (χ2v) is 2.93. The van der Waals surface area contributed by atoms with Crippen molar-refractivity contribution in [2.24, 2.45) is 17.2 Å². The monoisotopic (exact) mass is 225 g/mol. The summed E-state index contributed by atoms with van der Waals surface area (Å²) in [5.74, 6) is 0. The van der Waals surface area contributed by atoms with E-state index in [0.29, 0.717) is 19.7 Å². The van der Waals surface area contributed by atoms with Crippen molar-refractivity contribution in [2.45, 2.75) is 20.0 Å². The quantitative estimate of drug-likeness (QED) is 0.704. The second-order valence-electron chi connectivity index (χ2n) is 2.93. The molecule has 0 fully saturated rings. The van der Waals surface area contributed by atoms with Gasteiger partial charge in [-0.05, 0) is 18.1 Å². The van der Waals surface area contributed by atoms with Gasteiger partial charge in [-0.2, -0.15) is 0 Å². The number of hydrogen-bond acceptors (Lipinski definition) is 4. The summed E-state index contributed by atoms with van der Waals surface area (Å²) in [7, 11) is 0. The van der Waals surface area contributed by atoms with Crippen molar-refractivity contribution in [2.75, 3.05) is 6.61 Å². The smallest absolute Gasteiger partial charge is 0.404 e. The molecule has 5 nitrogen and oxygen atoms in total. The van der Waals surface area contributed by atoms with E-state index in [1.807, 2.05) is 24.3 Å². The van der Waals surface area contributed by atoms with Crippen LogP contribution >= 0.6 is 0 Å². The van der Waals surface area contributed by atoms with E-state index in [4.69, 9.17) is 11.5 Å². The second kappa shape index (κ2) is 8.70. The Kier molecular flexibility index (Phi) is 7.83. The number of ether oxygens (including phenoxy) is 1. The number of amides is 1. The van der Waals surface area contributed by atoms with Gasteiger partial charge in [0.15, 0.2) is 0 Å². The minimum Gasteiger partial charge on any atom is -0.450 e. The molecular formula is C11H19N3O2. The first-order chi connectivity index (χ1) is 7.65. The molecule has 5 heteroatoms. The van der Waals surface area contributed by atoms with Crippen molar-refractivity contribution in [1.82, 2.24) is 0 Å². The summed E-state index contributed by atoms with van der Waals surface area (Å²) < 4.78 is 4.18. The van der Waals surface area contributed by atoms with E-state index >= 15 is 0 Å². The lowest BCUT2D eigenvalue weighted by atomic mass is 10.1. The van der Waals surface area contributed by atoms with Crippen LogP contribution < -0.4 is 17.2 Å². The fourth-order valence-electron chi connectivity index (χ4n) is 1.10. The van der Waals surface area contributed by atoms with E-state index < -0.39 is 6.09 Å². The number of rotatable bonds is 3. The highest BCUT2D eigenvalue weighted by atomic mass is 16.5. The van der Waals surface area contributed by atoms with Gasteiger partial charge < -0.3 is 21.9 Å². The first kappa shape index (κ1) is 14.4. The maximum atomic E-state index is 9.60. The molecule has 0 unspecified atom stereocenters. The molecule has 6 N–H and O–H groups in total. The largest absolute Gasteiger partial charge is 0.450 e. The number of hydrogen-bond donors (Lipinski definition) is 3. The van der Waals surface area contributed by atoms with E-state index in [1.165, 1.54) is 0 Å². The molecule has 0 atom stereocenters. The van der Waals surface area contributed by atoms with Gasteiger partial charge in [0.1, 0.15) is 0 Å². The van der Waals surface area contributed by atoms with Crippen molar-refractivity contribution in [3.63, 3.8) is 0 Å². The molecule has 0 aliphatic rings. The summed E-state index contributed by atoms with van der Waals surface area (Å²) in [4.78, 5) is 9.60. The SMILES string of the molecule is CCOC(N)=O.NCc1ccccc1CN. The Morgan fingerprint density at radius 2 is 1.62 bits per heavy atom. The number of nitrogens with two attached hydrogens (primary N) is 3. The number of primary amides is 1. The molecule has 0 bridgehead atoms. The van der Waals surface area contributed by atoms with Crippen LogP contribution in [0.5, 0.6) is 0 Å². The van der Waals surface area contributed by atoms with Gasteiger partial charge in [0, 0.05) is 13.1 Å². The number of benzene rings is 1. The van der Waals surface area contributed by atoms with Gasteiger partial charge in [-0.1, -0.05) is 24.3 Å². The summed E-state index contributed by atoms with van der Waals surface area (Å²) in [6, 6.07) is 7.95. The molecule has 1 amide bonds. The zero-order valence-corrected chi connectivity index (χ0v) is 9.48. The van der Waals surface area contributed by atoms with Crippen LogP contribution in [0.1, 0.15) is 18.1 Å². The van der Waals surface area contributed by atoms with E-state index in [9.17, 15) is 4.79 Å². The Balaban J connectivity index is 0.000000325. The predicted molar refractivity (Wildman–Crippen MR) is 63.4 cm³/mol. The average Bonchev–Trinajstić information content (AvgIpc) is 2.29. The lowest BCUT2D eigenvalue weighted by Gasteiger charge is -2.02. The standard InChI is InChI=1S/C8H12N2.C3H7NO2/c9-5-7-3-1-2-4-8(7)6-10;1-2-6-3(4)5/h1-4H,5-6,9-10H2;2H2,1H3,(H2,4,5). The van der Waals surface area contributed by atoms with Crippen molar-refractivity contribution in [1.29, 1.82) is 0 Å². The molecule has 0 saturated heterocycles. The summed E-state index contributed by atoms with van der Waals surface area (Å²) in [6.07, 6.45) is -0.711. The van der Waals surface area contributed by atoms with Crippen LogP contribution in [0, 0.1) is 0 Å². The van der Waals surface area contributed by atoms with Crippen LogP contribution in [0.25, 0.3) is 0 Å². The van der Waals surface area contributed by atoms with E-state index in [0.717, 1.165) is 11.1 Å². The van der Waals surface area contributed by atoms with Crippen LogP contribution in [0.3, 0.4) is 0 Å². The molecule has 0 aliphatic carbocycles. The van der Waals surface area contributed by atoms with Gasteiger partial charge in [-0.3, -0.25) is 0 Å². The Morgan fingerprint density at radius 3 is 1.81 bits per heavy atom. The maximum absolute atomic E-state index is 9.60. The van der Waals surface area contributed by atoms with Crippen molar-refractivity contribution < 1.29 is 9.53 Å². The Labute approximate surface area is 95.6 Å². The summed E-state index contributed by atoms with van der Waals surface area (Å²) in [5.41, 5.74) is 17.8. The molecule has 1 aromatic carbocycles. The highest BCUT2D eigenvalue weighted by Crippen LogP contribution is 2.05. The van der Waals surface area contributed by atoms with Crippen LogP contribution in [0.4, 0.5) is 4.79 Å². The first-order valence-electron chi connectivity index (χ1n) is 5.04. The van der Waals surface area contributed by atoms with Gasteiger partial charge >= 0.3 is 6.09 Å². The molecule has 0 spiro atoms. The van der Waals surface area contributed by atoms with E-state index in [2.05, 4.69) is 10.5 Å². The summed E-state index contributed by atoms with van der Waals surface area (Å²) in [6.45, 7) is 3.21. The number of carbonyl (C=O) groups is 1. The Morgan fingerprint density at radius 1 is 1.19 bits per heavy atom. The van der Waals surface area contributed by atoms with Crippen LogP contribution in [-0.2, 0) is 17.8 Å². The minimum absolute atomic E-state index is 0.356. The molecule has 0 aromatic heterocycles.